The molecule has 1 saturated carbocycles. The number of ether oxygens (including phenoxy) is 1. The molecule has 1 atom stereocenters. The Labute approximate surface area is 142 Å². The van der Waals surface area contributed by atoms with Gasteiger partial charge in [0.1, 0.15) is 11.5 Å². The minimum atomic E-state index is 0.117. The normalized spacial score (nSPS) is 20.9. The van der Waals surface area contributed by atoms with Crippen molar-refractivity contribution in [2.45, 2.75) is 38.4 Å². The molecule has 2 aromatic rings. The van der Waals surface area contributed by atoms with Gasteiger partial charge in [-0.15, -0.1) is 11.7 Å². The smallest absolute Gasteiger partial charge is 0.117 e. The molecule has 6 heteroatoms. The van der Waals surface area contributed by atoms with Gasteiger partial charge in [0.25, 0.3) is 0 Å². The fourth-order valence-corrected chi connectivity index (χ4v) is 3.37. The van der Waals surface area contributed by atoms with E-state index in [1.807, 2.05) is 12.1 Å². The fraction of sp³-hybridized carbons (Fsp3) is 0.556. The van der Waals surface area contributed by atoms with Crippen molar-refractivity contribution in [3.8, 4) is 0 Å². The van der Waals surface area contributed by atoms with E-state index in [9.17, 15) is 0 Å². The van der Waals surface area contributed by atoms with Gasteiger partial charge < -0.3 is 9.15 Å². The third-order valence-electron chi connectivity index (χ3n) is 4.84. The number of rotatable bonds is 8. The molecule has 0 radical (unpaired) electrons. The molecular formula is C18H24N4O2. The molecule has 1 aliphatic carbocycles. The number of aromatic nitrogens is 3. The lowest BCUT2D eigenvalue weighted by Gasteiger charge is -2.34. The van der Waals surface area contributed by atoms with Crippen LogP contribution in [0.3, 0.4) is 0 Å². The molecule has 4 rings (SSSR count). The Balaban J connectivity index is 1.54. The van der Waals surface area contributed by atoms with Crippen LogP contribution in [0, 0.1) is 5.92 Å². The first-order valence-corrected chi connectivity index (χ1v) is 8.72. The number of nitrogens with zero attached hydrogens (tertiary/aromatic N) is 4. The summed E-state index contributed by atoms with van der Waals surface area (Å²) in [6.07, 6.45) is 7.13. The molecule has 0 unspecified atom stereocenters. The molecule has 0 spiro atoms. The highest BCUT2D eigenvalue weighted by atomic mass is 16.5. The van der Waals surface area contributed by atoms with E-state index in [-0.39, 0.29) is 6.04 Å². The zero-order chi connectivity index (χ0) is 16.4. The van der Waals surface area contributed by atoms with Crippen LogP contribution in [0.15, 0.2) is 35.5 Å². The van der Waals surface area contributed by atoms with Crippen molar-refractivity contribution in [2.24, 2.45) is 5.92 Å². The first-order chi connectivity index (χ1) is 11.8. The third kappa shape index (κ3) is 3.30. The summed E-state index contributed by atoms with van der Waals surface area (Å²) < 4.78 is 13.4. The zero-order valence-electron chi connectivity index (χ0n) is 13.9. The Morgan fingerprint density at radius 3 is 3.08 bits per heavy atom. The van der Waals surface area contributed by atoms with Gasteiger partial charge >= 0.3 is 0 Å². The number of hydrogen-bond donors (Lipinski definition) is 0. The third-order valence-corrected chi connectivity index (χ3v) is 4.84. The van der Waals surface area contributed by atoms with Gasteiger partial charge in [0, 0.05) is 19.5 Å². The second-order valence-electron chi connectivity index (χ2n) is 6.69. The van der Waals surface area contributed by atoms with Crippen LogP contribution in [-0.2, 0) is 24.2 Å². The Kier molecular flexibility index (Phi) is 4.49. The number of hydrogen-bond acceptors (Lipinski definition) is 5. The molecule has 2 aliphatic rings. The topological polar surface area (TPSA) is 56.3 Å². The van der Waals surface area contributed by atoms with Gasteiger partial charge in [0.15, 0.2) is 0 Å². The molecule has 0 saturated heterocycles. The maximum atomic E-state index is 5.76. The van der Waals surface area contributed by atoms with Crippen LogP contribution in [0.4, 0.5) is 0 Å². The minimum absolute atomic E-state index is 0.117. The molecule has 0 aromatic carbocycles. The van der Waals surface area contributed by atoms with Crippen molar-refractivity contribution in [3.63, 3.8) is 0 Å². The molecule has 0 bridgehead atoms. The van der Waals surface area contributed by atoms with Crippen molar-refractivity contribution in [3.05, 3.63) is 48.2 Å². The monoisotopic (exact) mass is 328 g/mol. The Morgan fingerprint density at radius 1 is 1.42 bits per heavy atom. The molecule has 128 valence electrons. The molecular weight excluding hydrogens is 304 g/mol. The second-order valence-corrected chi connectivity index (χ2v) is 6.69. The van der Waals surface area contributed by atoms with E-state index in [4.69, 9.17) is 9.15 Å². The summed E-state index contributed by atoms with van der Waals surface area (Å²) in [6.45, 7) is 7.63. The summed E-state index contributed by atoms with van der Waals surface area (Å²) >= 11 is 0. The summed E-state index contributed by atoms with van der Waals surface area (Å²) in [6, 6.07) is 4.06. The van der Waals surface area contributed by atoms with E-state index >= 15 is 0 Å². The lowest BCUT2D eigenvalue weighted by atomic mass is 10.0. The highest BCUT2D eigenvalue weighted by Gasteiger charge is 2.34. The Morgan fingerprint density at radius 2 is 2.33 bits per heavy atom. The van der Waals surface area contributed by atoms with Crippen molar-refractivity contribution in [2.75, 3.05) is 19.8 Å². The van der Waals surface area contributed by atoms with E-state index in [0.717, 1.165) is 43.4 Å². The number of furan rings is 1. The zero-order valence-corrected chi connectivity index (χ0v) is 13.9. The summed E-state index contributed by atoms with van der Waals surface area (Å²) in [7, 11) is 0. The standard InChI is InChI=1S/C18H24N4O2/c1-2-9-23-13-17-18-16(22(20-19-18)11-14-5-6-14)7-8-21(17)12-15-4-3-10-24-15/h2-4,10,14,17H,1,5-9,11-13H2/t17-/m0/s1. The first-order valence-electron chi connectivity index (χ1n) is 8.72. The van der Waals surface area contributed by atoms with Crippen LogP contribution in [-0.4, -0.2) is 39.7 Å². The van der Waals surface area contributed by atoms with Gasteiger partial charge in [0.05, 0.1) is 37.8 Å². The second kappa shape index (κ2) is 6.91. The average Bonchev–Trinajstić information content (AvgIpc) is 3.08. The fourth-order valence-electron chi connectivity index (χ4n) is 3.37. The highest BCUT2D eigenvalue weighted by molar-refractivity contribution is 5.20. The van der Waals surface area contributed by atoms with Crippen LogP contribution in [0.2, 0.25) is 0 Å². The van der Waals surface area contributed by atoms with Gasteiger partial charge in [0.2, 0.25) is 0 Å². The largest absolute Gasteiger partial charge is 0.468 e. The van der Waals surface area contributed by atoms with E-state index in [2.05, 4.69) is 26.5 Å². The van der Waals surface area contributed by atoms with Crippen LogP contribution in [0.5, 0.6) is 0 Å². The van der Waals surface area contributed by atoms with Crippen LogP contribution in [0.1, 0.15) is 36.0 Å². The lowest BCUT2D eigenvalue weighted by Crippen LogP contribution is -2.38. The molecule has 1 fully saturated rings. The lowest BCUT2D eigenvalue weighted by molar-refractivity contribution is 0.0561. The van der Waals surface area contributed by atoms with Crippen molar-refractivity contribution >= 4 is 0 Å². The highest BCUT2D eigenvalue weighted by Crippen LogP contribution is 2.34. The molecule has 2 aromatic heterocycles. The van der Waals surface area contributed by atoms with Gasteiger partial charge in [-0.2, -0.15) is 0 Å². The summed E-state index contributed by atoms with van der Waals surface area (Å²) in [5.74, 6) is 1.77. The molecule has 24 heavy (non-hydrogen) atoms. The van der Waals surface area contributed by atoms with E-state index < -0.39 is 0 Å². The minimum Gasteiger partial charge on any atom is -0.468 e. The Hall–Kier alpha value is -1.92. The van der Waals surface area contributed by atoms with Crippen molar-refractivity contribution in [1.82, 2.24) is 19.9 Å². The van der Waals surface area contributed by atoms with Crippen LogP contribution in [0.25, 0.3) is 0 Å². The summed E-state index contributed by atoms with van der Waals surface area (Å²) in [5, 5.41) is 8.94. The molecule has 0 amide bonds. The molecule has 3 heterocycles. The van der Waals surface area contributed by atoms with E-state index in [1.54, 1.807) is 12.3 Å². The van der Waals surface area contributed by atoms with Gasteiger partial charge in [-0.05, 0) is 30.9 Å². The summed E-state index contributed by atoms with van der Waals surface area (Å²) in [5.41, 5.74) is 2.35. The average molecular weight is 328 g/mol. The SMILES string of the molecule is C=CCOC[C@H]1c2nnn(CC3CC3)c2CCN1Cc1ccco1. The van der Waals surface area contributed by atoms with E-state index in [1.165, 1.54) is 18.5 Å². The Bertz CT molecular complexity index is 675. The molecule has 1 aliphatic heterocycles. The van der Waals surface area contributed by atoms with Gasteiger partial charge in [-0.3, -0.25) is 4.90 Å². The van der Waals surface area contributed by atoms with Crippen molar-refractivity contribution in [1.29, 1.82) is 0 Å². The van der Waals surface area contributed by atoms with Gasteiger partial charge in [-0.25, -0.2) is 4.68 Å². The predicted octanol–water partition coefficient (Wildman–Crippen LogP) is 2.58. The van der Waals surface area contributed by atoms with Crippen molar-refractivity contribution < 1.29 is 9.15 Å². The first kappa shape index (κ1) is 15.6. The maximum Gasteiger partial charge on any atom is 0.117 e. The van der Waals surface area contributed by atoms with E-state index in [0.29, 0.717) is 13.2 Å². The van der Waals surface area contributed by atoms with Crippen LogP contribution >= 0.6 is 0 Å². The van der Waals surface area contributed by atoms with Crippen LogP contribution < -0.4 is 0 Å². The summed E-state index contributed by atoms with van der Waals surface area (Å²) in [4.78, 5) is 2.38. The maximum absolute atomic E-state index is 5.76. The predicted molar refractivity (Wildman–Crippen MR) is 89.3 cm³/mol. The molecule has 0 N–H and O–H groups in total. The van der Waals surface area contributed by atoms with Gasteiger partial charge in [-0.1, -0.05) is 11.3 Å². The number of fused-ring (bicyclic) bond motifs is 1. The molecule has 6 nitrogen and oxygen atoms in total. The quantitative estimate of drug-likeness (QED) is 0.551.